The summed E-state index contributed by atoms with van der Waals surface area (Å²) in [5, 5.41) is 9.45. The maximum absolute atomic E-state index is 11.5. The van der Waals surface area contributed by atoms with Gasteiger partial charge in [0, 0.05) is 18.8 Å². The molecule has 2 fully saturated rings. The highest BCUT2D eigenvalue weighted by Gasteiger charge is 2.45. The minimum atomic E-state index is -0.676. The molecule has 1 N–H and O–H groups in total. The lowest BCUT2D eigenvalue weighted by molar-refractivity contribution is -0.142. The van der Waals surface area contributed by atoms with Gasteiger partial charge in [-0.25, -0.2) is 0 Å². The summed E-state index contributed by atoms with van der Waals surface area (Å²) in [5.41, 5.74) is 0.972. The van der Waals surface area contributed by atoms with Gasteiger partial charge in [0.05, 0.1) is 5.69 Å². The summed E-state index contributed by atoms with van der Waals surface area (Å²) in [4.78, 5) is 18.0. The smallest absolute Gasteiger partial charge is 0.320 e. The van der Waals surface area contributed by atoms with Crippen molar-refractivity contribution in [1.82, 2.24) is 9.88 Å². The van der Waals surface area contributed by atoms with E-state index in [0.717, 1.165) is 18.5 Å². The molecule has 102 valence electrons. The molecule has 1 aromatic rings. The van der Waals surface area contributed by atoms with Gasteiger partial charge < -0.3 is 5.11 Å². The van der Waals surface area contributed by atoms with Gasteiger partial charge in [-0.3, -0.25) is 14.7 Å². The van der Waals surface area contributed by atoms with Crippen LogP contribution in [0.2, 0.25) is 0 Å². The fraction of sp³-hybridized carbons (Fsp3) is 0.600. The summed E-state index contributed by atoms with van der Waals surface area (Å²) in [6.07, 6.45) is 7.40. The number of hydrogen-bond acceptors (Lipinski definition) is 3. The normalized spacial score (nSPS) is 31.1. The fourth-order valence-corrected chi connectivity index (χ4v) is 3.70. The van der Waals surface area contributed by atoms with Crippen LogP contribution in [-0.2, 0) is 11.3 Å². The number of carbonyl (C=O) groups is 1. The summed E-state index contributed by atoms with van der Waals surface area (Å²) < 4.78 is 0. The van der Waals surface area contributed by atoms with Crippen molar-refractivity contribution in [3.8, 4) is 0 Å². The van der Waals surface area contributed by atoms with Gasteiger partial charge in [0.2, 0.25) is 0 Å². The Morgan fingerprint density at radius 2 is 2.21 bits per heavy atom. The quantitative estimate of drug-likeness (QED) is 0.906. The molecule has 2 heterocycles. The number of aliphatic carboxylic acids is 1. The van der Waals surface area contributed by atoms with Crippen LogP contribution in [0.25, 0.3) is 0 Å². The molecule has 0 aromatic carbocycles. The zero-order valence-corrected chi connectivity index (χ0v) is 11.0. The molecule has 4 nitrogen and oxygen atoms in total. The summed E-state index contributed by atoms with van der Waals surface area (Å²) in [7, 11) is 0. The highest BCUT2D eigenvalue weighted by molar-refractivity contribution is 5.74. The molecule has 1 saturated carbocycles. The molecule has 0 radical (unpaired) electrons. The highest BCUT2D eigenvalue weighted by Crippen LogP contribution is 2.40. The van der Waals surface area contributed by atoms with E-state index in [1.807, 2.05) is 18.2 Å². The van der Waals surface area contributed by atoms with E-state index < -0.39 is 5.97 Å². The first-order chi connectivity index (χ1) is 9.25. The Morgan fingerprint density at radius 3 is 2.95 bits per heavy atom. The Labute approximate surface area is 113 Å². The molecule has 0 unspecified atom stereocenters. The molecule has 0 bridgehead atoms. The Kier molecular flexibility index (Phi) is 3.51. The van der Waals surface area contributed by atoms with Crippen molar-refractivity contribution in [2.24, 2.45) is 5.92 Å². The van der Waals surface area contributed by atoms with Gasteiger partial charge in [-0.2, -0.15) is 0 Å². The topological polar surface area (TPSA) is 53.4 Å². The summed E-state index contributed by atoms with van der Waals surface area (Å²) in [5.74, 6) is -0.108. The van der Waals surface area contributed by atoms with E-state index in [4.69, 9.17) is 0 Å². The number of rotatable bonds is 3. The van der Waals surface area contributed by atoms with E-state index >= 15 is 0 Å². The second-order valence-corrected chi connectivity index (χ2v) is 5.70. The minimum Gasteiger partial charge on any atom is -0.480 e. The maximum atomic E-state index is 11.5. The Hall–Kier alpha value is -1.42. The largest absolute Gasteiger partial charge is 0.480 e. The molecule has 3 atom stereocenters. The molecular formula is C15H20N2O2. The van der Waals surface area contributed by atoms with Gasteiger partial charge in [0.15, 0.2) is 0 Å². The molecular weight excluding hydrogens is 240 g/mol. The third-order valence-corrected chi connectivity index (χ3v) is 4.58. The zero-order valence-electron chi connectivity index (χ0n) is 11.0. The number of likely N-dealkylation sites (tertiary alicyclic amines) is 1. The van der Waals surface area contributed by atoms with Crippen molar-refractivity contribution < 1.29 is 9.90 Å². The lowest BCUT2D eigenvalue weighted by Crippen LogP contribution is -2.41. The molecule has 2 aliphatic rings. The fourth-order valence-electron chi connectivity index (χ4n) is 3.70. The maximum Gasteiger partial charge on any atom is 0.320 e. The van der Waals surface area contributed by atoms with Gasteiger partial charge in [0.25, 0.3) is 0 Å². The SMILES string of the molecule is O=C(O)[C@@H]1C[C@@H]2CCCC[C@@H]2N1Cc1ccccn1. The van der Waals surface area contributed by atoms with Gasteiger partial charge in [-0.15, -0.1) is 0 Å². The van der Waals surface area contributed by atoms with Crippen LogP contribution in [0.4, 0.5) is 0 Å². The number of carboxylic acids is 1. The van der Waals surface area contributed by atoms with Crippen molar-refractivity contribution >= 4 is 5.97 Å². The van der Waals surface area contributed by atoms with Gasteiger partial charge in [-0.1, -0.05) is 18.9 Å². The van der Waals surface area contributed by atoms with E-state index in [-0.39, 0.29) is 6.04 Å². The van der Waals surface area contributed by atoms with Crippen LogP contribution in [0.5, 0.6) is 0 Å². The number of carboxylic acid groups (broad SMARTS) is 1. The standard InChI is InChI=1S/C15H20N2O2/c18-15(19)14-9-11-5-1-2-7-13(11)17(14)10-12-6-3-4-8-16-12/h3-4,6,8,11,13-14H,1-2,5,7,9-10H2,(H,18,19)/t11-,13-,14-/m0/s1. The van der Waals surface area contributed by atoms with Crippen molar-refractivity contribution in [1.29, 1.82) is 0 Å². The van der Waals surface area contributed by atoms with Gasteiger partial charge in [-0.05, 0) is 37.3 Å². The molecule has 0 spiro atoms. The predicted molar refractivity (Wildman–Crippen MR) is 71.6 cm³/mol. The summed E-state index contributed by atoms with van der Waals surface area (Å²) in [6.45, 7) is 0.666. The molecule has 0 amide bonds. The zero-order chi connectivity index (χ0) is 13.2. The molecule has 1 aliphatic heterocycles. The van der Waals surface area contributed by atoms with Crippen LogP contribution in [0.3, 0.4) is 0 Å². The van der Waals surface area contributed by atoms with E-state index in [1.54, 1.807) is 6.20 Å². The lowest BCUT2D eigenvalue weighted by atomic mass is 9.85. The highest BCUT2D eigenvalue weighted by atomic mass is 16.4. The third-order valence-electron chi connectivity index (χ3n) is 4.58. The Bertz CT molecular complexity index is 449. The van der Waals surface area contributed by atoms with Crippen LogP contribution in [-0.4, -0.2) is 33.0 Å². The monoisotopic (exact) mass is 260 g/mol. The van der Waals surface area contributed by atoms with Crippen LogP contribution in [0.1, 0.15) is 37.8 Å². The van der Waals surface area contributed by atoms with E-state index in [1.165, 1.54) is 19.3 Å². The number of hydrogen-bond donors (Lipinski definition) is 1. The number of fused-ring (bicyclic) bond motifs is 1. The third kappa shape index (κ3) is 2.50. The first-order valence-electron chi connectivity index (χ1n) is 7.14. The summed E-state index contributed by atoms with van der Waals surface area (Å²) in [6, 6.07) is 5.96. The molecule has 3 rings (SSSR count). The van der Waals surface area contributed by atoms with Crippen molar-refractivity contribution in [2.45, 2.75) is 50.7 Å². The Balaban J connectivity index is 1.80. The lowest BCUT2D eigenvalue weighted by Gasteiger charge is -2.32. The number of nitrogens with zero attached hydrogens (tertiary/aromatic N) is 2. The van der Waals surface area contributed by atoms with Crippen molar-refractivity contribution in [3.63, 3.8) is 0 Å². The second-order valence-electron chi connectivity index (χ2n) is 5.70. The predicted octanol–water partition coefficient (Wildman–Crippen LogP) is 2.30. The van der Waals surface area contributed by atoms with Crippen LogP contribution < -0.4 is 0 Å². The Morgan fingerprint density at radius 1 is 1.37 bits per heavy atom. The van der Waals surface area contributed by atoms with Crippen LogP contribution in [0.15, 0.2) is 24.4 Å². The van der Waals surface area contributed by atoms with Crippen LogP contribution >= 0.6 is 0 Å². The molecule has 1 aromatic heterocycles. The summed E-state index contributed by atoms with van der Waals surface area (Å²) >= 11 is 0. The van der Waals surface area contributed by atoms with E-state index in [2.05, 4.69) is 9.88 Å². The number of aromatic nitrogens is 1. The first kappa shape index (κ1) is 12.6. The average Bonchev–Trinajstić information content (AvgIpc) is 2.79. The van der Waals surface area contributed by atoms with Gasteiger partial charge in [0.1, 0.15) is 6.04 Å². The second kappa shape index (κ2) is 5.29. The number of pyridine rings is 1. The molecule has 19 heavy (non-hydrogen) atoms. The van der Waals surface area contributed by atoms with Crippen LogP contribution in [0, 0.1) is 5.92 Å². The van der Waals surface area contributed by atoms with E-state index in [9.17, 15) is 9.90 Å². The minimum absolute atomic E-state index is 0.324. The molecule has 4 heteroatoms. The molecule has 1 saturated heterocycles. The first-order valence-corrected chi connectivity index (χ1v) is 7.14. The average molecular weight is 260 g/mol. The molecule has 1 aliphatic carbocycles. The van der Waals surface area contributed by atoms with Crippen molar-refractivity contribution in [3.05, 3.63) is 30.1 Å². The van der Waals surface area contributed by atoms with Crippen molar-refractivity contribution in [2.75, 3.05) is 0 Å². The van der Waals surface area contributed by atoms with E-state index in [0.29, 0.717) is 18.5 Å². The van der Waals surface area contributed by atoms with Gasteiger partial charge >= 0.3 is 5.97 Å².